The zero-order valence-corrected chi connectivity index (χ0v) is 21.1. The Hall–Kier alpha value is -3.60. The molecule has 0 unspecified atom stereocenters. The average molecular weight is 540 g/mol. The number of carbonyl (C=O) groups is 1. The molecule has 9 nitrogen and oxygen atoms in total. The SMILES string of the molecule is O=C(OCc1nc2ccccc2c2ccccc12)C1CCN(S(=O)(=O)c2ccc(Cl)c([N+](=O)[O-])c2)CC1. The number of para-hydroxylation sites is 1. The number of halogens is 1. The minimum atomic E-state index is -3.98. The summed E-state index contributed by atoms with van der Waals surface area (Å²) in [6, 6.07) is 19.0. The number of esters is 1. The van der Waals surface area contributed by atoms with Crippen LogP contribution < -0.4 is 0 Å². The van der Waals surface area contributed by atoms with Crippen molar-refractivity contribution in [1.82, 2.24) is 9.29 Å². The van der Waals surface area contributed by atoms with Gasteiger partial charge in [0.2, 0.25) is 10.0 Å². The van der Waals surface area contributed by atoms with Gasteiger partial charge in [0.25, 0.3) is 5.69 Å². The highest BCUT2D eigenvalue weighted by molar-refractivity contribution is 7.89. The summed E-state index contributed by atoms with van der Waals surface area (Å²) in [6.45, 7) is 0.197. The fourth-order valence-electron chi connectivity index (χ4n) is 4.62. The van der Waals surface area contributed by atoms with E-state index in [1.807, 2.05) is 48.5 Å². The number of hydrogen-bond acceptors (Lipinski definition) is 7. The standard InChI is InChI=1S/C26H22ClN3O6S/c27-22-10-9-18(15-25(22)30(32)33)37(34,35)29-13-11-17(12-14-29)26(31)36-16-24-21-7-2-1-5-19(21)20-6-3-4-8-23(20)28-24/h1-10,15,17H,11-14,16H2. The maximum Gasteiger partial charge on any atom is 0.309 e. The van der Waals surface area contributed by atoms with Crippen molar-refractivity contribution >= 4 is 55.0 Å². The number of hydrogen-bond donors (Lipinski definition) is 0. The highest BCUT2D eigenvalue weighted by Crippen LogP contribution is 2.31. The van der Waals surface area contributed by atoms with Crippen LogP contribution in [0.25, 0.3) is 21.7 Å². The van der Waals surface area contributed by atoms with E-state index in [1.165, 1.54) is 16.4 Å². The van der Waals surface area contributed by atoms with Crippen LogP contribution in [-0.2, 0) is 26.2 Å². The van der Waals surface area contributed by atoms with Crippen molar-refractivity contribution in [3.63, 3.8) is 0 Å². The van der Waals surface area contributed by atoms with Crippen LogP contribution in [0.15, 0.2) is 71.6 Å². The lowest BCUT2D eigenvalue weighted by Gasteiger charge is -2.30. The average Bonchev–Trinajstić information content (AvgIpc) is 2.91. The number of rotatable bonds is 6. The Morgan fingerprint density at radius 2 is 1.68 bits per heavy atom. The van der Waals surface area contributed by atoms with Crippen LogP contribution in [0, 0.1) is 16.0 Å². The van der Waals surface area contributed by atoms with E-state index < -0.39 is 32.5 Å². The zero-order valence-electron chi connectivity index (χ0n) is 19.5. The lowest BCUT2D eigenvalue weighted by atomic mass is 9.98. The smallest absolute Gasteiger partial charge is 0.309 e. The molecule has 0 saturated carbocycles. The number of nitro groups is 1. The van der Waals surface area contributed by atoms with Crippen molar-refractivity contribution in [1.29, 1.82) is 0 Å². The Morgan fingerprint density at radius 3 is 2.38 bits per heavy atom. The van der Waals surface area contributed by atoms with E-state index in [2.05, 4.69) is 0 Å². The Labute approximate surface area is 217 Å². The summed E-state index contributed by atoms with van der Waals surface area (Å²) >= 11 is 5.81. The molecule has 0 bridgehead atoms. The number of nitro benzene ring substituents is 1. The van der Waals surface area contributed by atoms with Crippen LogP contribution >= 0.6 is 11.6 Å². The van der Waals surface area contributed by atoms with E-state index >= 15 is 0 Å². The normalized spacial score (nSPS) is 15.2. The molecule has 0 radical (unpaired) electrons. The lowest BCUT2D eigenvalue weighted by Crippen LogP contribution is -2.40. The topological polar surface area (TPSA) is 120 Å². The van der Waals surface area contributed by atoms with E-state index in [-0.39, 0.29) is 42.5 Å². The molecule has 0 spiro atoms. The molecular weight excluding hydrogens is 518 g/mol. The van der Waals surface area contributed by atoms with Gasteiger partial charge < -0.3 is 4.74 Å². The molecule has 1 fully saturated rings. The molecule has 0 N–H and O–H groups in total. The minimum absolute atomic E-state index is 0.0110. The van der Waals surface area contributed by atoms with Gasteiger partial charge >= 0.3 is 5.97 Å². The third-order valence-corrected chi connectivity index (χ3v) is 8.79. The van der Waals surface area contributed by atoms with Gasteiger partial charge in [0, 0.05) is 29.9 Å². The van der Waals surface area contributed by atoms with Crippen LogP contribution in [0.5, 0.6) is 0 Å². The van der Waals surface area contributed by atoms with Crippen molar-refractivity contribution in [3.05, 3.63) is 87.6 Å². The van der Waals surface area contributed by atoms with Gasteiger partial charge in [-0.3, -0.25) is 14.9 Å². The van der Waals surface area contributed by atoms with Gasteiger partial charge in [-0.15, -0.1) is 0 Å². The predicted octanol–water partition coefficient (Wildman–Crippen LogP) is 5.09. The molecule has 2 heterocycles. The minimum Gasteiger partial charge on any atom is -0.459 e. The van der Waals surface area contributed by atoms with Crippen molar-refractivity contribution in [3.8, 4) is 0 Å². The Balaban J connectivity index is 1.26. The first-order valence-corrected chi connectivity index (χ1v) is 13.4. The van der Waals surface area contributed by atoms with Gasteiger partial charge in [0.15, 0.2) is 0 Å². The van der Waals surface area contributed by atoms with E-state index in [1.54, 1.807) is 0 Å². The summed E-state index contributed by atoms with van der Waals surface area (Å²) in [5.74, 6) is -0.865. The van der Waals surface area contributed by atoms with Gasteiger partial charge in [-0.1, -0.05) is 54.1 Å². The monoisotopic (exact) mass is 539 g/mol. The van der Waals surface area contributed by atoms with Gasteiger partial charge in [-0.05, 0) is 36.4 Å². The zero-order chi connectivity index (χ0) is 26.2. The van der Waals surface area contributed by atoms with Crippen molar-refractivity contribution in [2.45, 2.75) is 24.3 Å². The Kier molecular flexibility index (Phi) is 6.80. The van der Waals surface area contributed by atoms with Crippen LogP contribution in [0.2, 0.25) is 5.02 Å². The molecule has 0 atom stereocenters. The summed E-state index contributed by atoms with van der Waals surface area (Å²) in [5.41, 5.74) is 0.997. The van der Waals surface area contributed by atoms with Gasteiger partial charge in [0.05, 0.1) is 26.9 Å². The van der Waals surface area contributed by atoms with Crippen molar-refractivity contribution < 1.29 is 22.9 Å². The molecule has 0 amide bonds. The van der Waals surface area contributed by atoms with Gasteiger partial charge in [0.1, 0.15) is 11.6 Å². The first-order chi connectivity index (χ1) is 17.8. The first kappa shape index (κ1) is 25.1. The molecule has 1 aliphatic heterocycles. The third-order valence-electron chi connectivity index (χ3n) is 6.58. The number of benzene rings is 3. The molecule has 37 heavy (non-hydrogen) atoms. The van der Waals surface area contributed by atoms with E-state index in [0.29, 0.717) is 5.69 Å². The highest BCUT2D eigenvalue weighted by Gasteiger charge is 2.34. The lowest BCUT2D eigenvalue weighted by molar-refractivity contribution is -0.384. The molecule has 4 aromatic rings. The Morgan fingerprint density at radius 1 is 1.03 bits per heavy atom. The molecule has 11 heteroatoms. The first-order valence-electron chi connectivity index (χ1n) is 11.6. The quantitative estimate of drug-likeness (QED) is 0.145. The maximum absolute atomic E-state index is 13.0. The fraction of sp³-hybridized carbons (Fsp3) is 0.231. The number of fused-ring (bicyclic) bond motifs is 3. The number of piperidine rings is 1. The molecule has 3 aromatic carbocycles. The number of pyridine rings is 1. The van der Waals surface area contributed by atoms with Crippen LogP contribution in [0.3, 0.4) is 0 Å². The third kappa shape index (κ3) is 4.87. The van der Waals surface area contributed by atoms with E-state index in [0.717, 1.165) is 27.7 Å². The van der Waals surface area contributed by atoms with Crippen LogP contribution in [0.4, 0.5) is 5.69 Å². The highest BCUT2D eigenvalue weighted by atomic mass is 35.5. The van der Waals surface area contributed by atoms with Gasteiger partial charge in [-0.25, -0.2) is 13.4 Å². The second kappa shape index (κ2) is 10.0. The second-order valence-electron chi connectivity index (χ2n) is 8.78. The summed E-state index contributed by atoms with van der Waals surface area (Å²) < 4.78 is 32.9. The van der Waals surface area contributed by atoms with E-state index in [4.69, 9.17) is 21.3 Å². The summed E-state index contributed by atoms with van der Waals surface area (Å²) in [7, 11) is -3.98. The number of carbonyl (C=O) groups excluding carboxylic acids is 1. The van der Waals surface area contributed by atoms with Crippen LogP contribution in [0.1, 0.15) is 18.5 Å². The maximum atomic E-state index is 13.0. The molecular formula is C26H22ClN3O6S. The molecule has 190 valence electrons. The summed E-state index contributed by atoms with van der Waals surface area (Å²) in [4.78, 5) is 27.8. The second-order valence-corrected chi connectivity index (χ2v) is 11.1. The molecule has 1 saturated heterocycles. The summed E-state index contributed by atoms with van der Waals surface area (Å²) in [5, 5.41) is 14.0. The number of sulfonamides is 1. The Bertz CT molecular complexity index is 1630. The molecule has 5 rings (SSSR count). The largest absolute Gasteiger partial charge is 0.459 e. The van der Waals surface area contributed by atoms with Crippen molar-refractivity contribution in [2.75, 3.05) is 13.1 Å². The number of nitrogens with zero attached hydrogens (tertiary/aromatic N) is 3. The fourth-order valence-corrected chi connectivity index (χ4v) is 6.29. The molecule has 1 aromatic heterocycles. The molecule has 0 aliphatic carbocycles. The van der Waals surface area contributed by atoms with Gasteiger partial charge in [-0.2, -0.15) is 4.31 Å². The van der Waals surface area contributed by atoms with E-state index in [9.17, 15) is 23.3 Å². The van der Waals surface area contributed by atoms with Crippen LogP contribution in [-0.4, -0.2) is 41.7 Å². The van der Waals surface area contributed by atoms with Crippen molar-refractivity contribution in [2.24, 2.45) is 5.92 Å². The number of ether oxygens (including phenoxy) is 1. The summed E-state index contributed by atoms with van der Waals surface area (Å²) in [6.07, 6.45) is 0.555. The predicted molar refractivity (Wildman–Crippen MR) is 139 cm³/mol. The molecule has 1 aliphatic rings. The number of aromatic nitrogens is 1.